The average molecular weight is 432 g/mol. The summed E-state index contributed by atoms with van der Waals surface area (Å²) in [4.78, 5) is 24.6. The van der Waals surface area contributed by atoms with Gasteiger partial charge in [0.05, 0.1) is 9.82 Å². The Morgan fingerprint density at radius 3 is 2.40 bits per heavy atom. The van der Waals surface area contributed by atoms with Crippen molar-refractivity contribution in [3.8, 4) is 0 Å². The molecule has 0 heterocycles. The number of carbonyl (C=O) groups is 1. The number of nitro benzene ring substituents is 1. The van der Waals surface area contributed by atoms with Gasteiger partial charge in [-0.1, -0.05) is 18.9 Å². The van der Waals surface area contributed by atoms with Crippen molar-refractivity contribution in [2.45, 2.75) is 37.5 Å². The van der Waals surface area contributed by atoms with E-state index in [0.29, 0.717) is 17.0 Å². The Morgan fingerprint density at radius 1 is 1.17 bits per heavy atom. The molecule has 8 nitrogen and oxygen atoms in total. The summed E-state index contributed by atoms with van der Waals surface area (Å²) in [7, 11) is -2.22. The molecule has 1 fully saturated rings. The number of nitrogens with zero attached hydrogens (tertiary/aromatic N) is 2. The molecule has 1 aliphatic carbocycles. The molecular formula is C21H25N3O5S. The molecule has 0 radical (unpaired) electrons. The van der Waals surface area contributed by atoms with Crippen molar-refractivity contribution in [3.05, 3.63) is 63.7 Å². The Hall–Kier alpha value is -2.94. The number of rotatable bonds is 7. The quantitative estimate of drug-likeness (QED) is 0.527. The first-order valence-electron chi connectivity index (χ1n) is 9.81. The number of nitrogens with one attached hydrogen (secondary N) is 1. The lowest BCUT2D eigenvalue weighted by molar-refractivity contribution is -0.385. The molecule has 1 amide bonds. The maximum absolute atomic E-state index is 12.6. The van der Waals surface area contributed by atoms with Crippen LogP contribution in [0, 0.1) is 23.0 Å². The SMILES string of the molecule is Cc1ccc(S(=O)(=O)Nc2ccc(C(=O)N(C)CC3CCCC3)cc2)cc1[N+](=O)[O-]. The van der Waals surface area contributed by atoms with Gasteiger partial charge in [-0.05, 0) is 56.0 Å². The summed E-state index contributed by atoms with van der Waals surface area (Å²) >= 11 is 0. The van der Waals surface area contributed by atoms with Crippen molar-refractivity contribution in [1.82, 2.24) is 4.90 Å². The number of sulfonamides is 1. The normalized spacial score (nSPS) is 14.5. The third kappa shape index (κ3) is 4.96. The van der Waals surface area contributed by atoms with Gasteiger partial charge in [0, 0.05) is 36.5 Å². The van der Waals surface area contributed by atoms with Crippen LogP contribution >= 0.6 is 0 Å². The summed E-state index contributed by atoms with van der Waals surface area (Å²) in [6.07, 6.45) is 4.72. The lowest BCUT2D eigenvalue weighted by Crippen LogP contribution is -2.31. The first kappa shape index (κ1) is 21.8. The van der Waals surface area contributed by atoms with Gasteiger partial charge in [-0.2, -0.15) is 0 Å². The van der Waals surface area contributed by atoms with Gasteiger partial charge in [0.25, 0.3) is 21.6 Å². The Bertz CT molecular complexity index is 1040. The molecule has 0 saturated heterocycles. The van der Waals surface area contributed by atoms with E-state index in [0.717, 1.165) is 25.5 Å². The molecule has 0 spiro atoms. The summed E-state index contributed by atoms with van der Waals surface area (Å²) in [5, 5.41) is 11.1. The fourth-order valence-corrected chi connectivity index (χ4v) is 4.81. The highest BCUT2D eigenvalue weighted by Crippen LogP contribution is 2.26. The van der Waals surface area contributed by atoms with Crippen molar-refractivity contribution in [2.75, 3.05) is 18.3 Å². The van der Waals surface area contributed by atoms with Crippen molar-refractivity contribution in [1.29, 1.82) is 0 Å². The predicted octanol–water partition coefficient (Wildman–Crippen LogP) is 3.97. The van der Waals surface area contributed by atoms with Crippen LogP contribution < -0.4 is 4.72 Å². The number of amides is 1. The third-order valence-electron chi connectivity index (χ3n) is 5.43. The molecule has 1 N–H and O–H groups in total. The second-order valence-electron chi connectivity index (χ2n) is 7.72. The Kier molecular flexibility index (Phi) is 6.40. The molecule has 3 rings (SSSR count). The van der Waals surface area contributed by atoms with E-state index in [1.165, 1.54) is 37.1 Å². The largest absolute Gasteiger partial charge is 0.341 e. The second kappa shape index (κ2) is 8.83. The molecule has 9 heteroatoms. The predicted molar refractivity (Wildman–Crippen MR) is 114 cm³/mol. The zero-order valence-corrected chi connectivity index (χ0v) is 17.8. The topological polar surface area (TPSA) is 110 Å². The molecular weight excluding hydrogens is 406 g/mol. The summed E-state index contributed by atoms with van der Waals surface area (Å²) in [5.74, 6) is 0.439. The van der Waals surface area contributed by atoms with E-state index in [9.17, 15) is 23.3 Å². The van der Waals surface area contributed by atoms with Crippen molar-refractivity contribution < 1.29 is 18.1 Å². The van der Waals surface area contributed by atoms with Gasteiger partial charge in [0.2, 0.25) is 0 Å². The Balaban J connectivity index is 1.71. The van der Waals surface area contributed by atoms with Gasteiger partial charge in [0.15, 0.2) is 0 Å². The van der Waals surface area contributed by atoms with Crippen LogP contribution in [0.25, 0.3) is 0 Å². The van der Waals surface area contributed by atoms with E-state index in [1.54, 1.807) is 31.0 Å². The second-order valence-corrected chi connectivity index (χ2v) is 9.41. The number of anilines is 1. The molecule has 0 bridgehead atoms. The minimum Gasteiger partial charge on any atom is -0.341 e. The van der Waals surface area contributed by atoms with Gasteiger partial charge in [-0.3, -0.25) is 19.6 Å². The summed E-state index contributed by atoms with van der Waals surface area (Å²) in [6.45, 7) is 2.26. The fraction of sp³-hybridized carbons (Fsp3) is 0.381. The maximum atomic E-state index is 12.6. The van der Waals surface area contributed by atoms with E-state index in [4.69, 9.17) is 0 Å². The molecule has 160 valence electrons. The fourth-order valence-electron chi connectivity index (χ4n) is 3.73. The molecule has 0 unspecified atom stereocenters. The molecule has 0 atom stereocenters. The first-order chi connectivity index (χ1) is 14.2. The summed E-state index contributed by atoms with van der Waals surface area (Å²) in [6, 6.07) is 9.92. The van der Waals surface area contributed by atoms with Gasteiger partial charge in [-0.25, -0.2) is 8.42 Å². The number of nitro groups is 1. The van der Waals surface area contributed by atoms with E-state index >= 15 is 0 Å². The minimum absolute atomic E-state index is 0.106. The number of carbonyl (C=O) groups excluding carboxylic acids is 1. The van der Waals surface area contributed by atoms with Crippen LogP contribution in [0.3, 0.4) is 0 Å². The van der Waals surface area contributed by atoms with Gasteiger partial charge in [-0.15, -0.1) is 0 Å². The maximum Gasteiger partial charge on any atom is 0.273 e. The average Bonchev–Trinajstić information content (AvgIpc) is 3.20. The summed E-state index contributed by atoms with van der Waals surface area (Å²) in [5.41, 5.74) is 0.866. The number of aryl methyl sites for hydroxylation is 1. The smallest absolute Gasteiger partial charge is 0.273 e. The number of benzene rings is 2. The number of hydrogen-bond donors (Lipinski definition) is 1. The van der Waals surface area contributed by atoms with Gasteiger partial charge in [0.1, 0.15) is 0 Å². The highest BCUT2D eigenvalue weighted by atomic mass is 32.2. The zero-order chi connectivity index (χ0) is 21.9. The molecule has 1 saturated carbocycles. The van der Waals surface area contributed by atoms with Crippen LogP contribution in [0.4, 0.5) is 11.4 Å². The van der Waals surface area contributed by atoms with Crippen LogP contribution in [-0.4, -0.2) is 37.7 Å². The Labute approximate surface area is 176 Å². The van der Waals surface area contributed by atoms with Gasteiger partial charge >= 0.3 is 0 Å². The monoisotopic (exact) mass is 431 g/mol. The summed E-state index contributed by atoms with van der Waals surface area (Å²) < 4.78 is 27.6. The van der Waals surface area contributed by atoms with Gasteiger partial charge < -0.3 is 4.90 Å². The van der Waals surface area contributed by atoms with Crippen LogP contribution in [0.2, 0.25) is 0 Å². The first-order valence-corrected chi connectivity index (χ1v) is 11.3. The molecule has 0 aliphatic heterocycles. The lowest BCUT2D eigenvalue weighted by Gasteiger charge is -2.21. The molecule has 2 aromatic rings. The van der Waals surface area contributed by atoms with E-state index < -0.39 is 14.9 Å². The van der Waals surface area contributed by atoms with Crippen LogP contribution in [0.5, 0.6) is 0 Å². The van der Waals surface area contributed by atoms with Crippen LogP contribution in [-0.2, 0) is 10.0 Å². The standard InChI is InChI=1S/C21H25N3O5S/c1-15-7-12-19(13-20(15)24(26)27)30(28,29)22-18-10-8-17(9-11-18)21(25)23(2)14-16-5-3-4-6-16/h7-13,16,22H,3-6,14H2,1-2H3. The molecule has 2 aromatic carbocycles. The van der Waals surface area contributed by atoms with E-state index in [1.807, 2.05) is 0 Å². The zero-order valence-electron chi connectivity index (χ0n) is 17.0. The molecule has 1 aliphatic rings. The highest BCUT2D eigenvalue weighted by molar-refractivity contribution is 7.92. The van der Waals surface area contributed by atoms with Crippen LogP contribution in [0.1, 0.15) is 41.6 Å². The van der Waals surface area contributed by atoms with E-state index in [2.05, 4.69) is 4.72 Å². The Morgan fingerprint density at radius 2 is 1.80 bits per heavy atom. The molecule has 30 heavy (non-hydrogen) atoms. The van der Waals surface area contributed by atoms with E-state index in [-0.39, 0.29) is 22.2 Å². The number of hydrogen-bond acceptors (Lipinski definition) is 5. The molecule has 0 aromatic heterocycles. The third-order valence-corrected chi connectivity index (χ3v) is 6.80. The minimum atomic E-state index is -4.00. The van der Waals surface area contributed by atoms with Crippen LogP contribution in [0.15, 0.2) is 47.4 Å². The highest BCUT2D eigenvalue weighted by Gasteiger charge is 2.22. The lowest BCUT2D eigenvalue weighted by atomic mass is 10.1. The van der Waals surface area contributed by atoms with Crippen molar-refractivity contribution in [2.24, 2.45) is 5.92 Å². The van der Waals surface area contributed by atoms with Crippen molar-refractivity contribution >= 4 is 27.3 Å². The van der Waals surface area contributed by atoms with Crippen molar-refractivity contribution in [3.63, 3.8) is 0 Å².